The average molecular weight is 509 g/mol. The quantitative estimate of drug-likeness (QED) is 0.584. The summed E-state index contributed by atoms with van der Waals surface area (Å²) in [6.45, 7) is 1.32. The third-order valence-corrected chi connectivity index (χ3v) is 5.76. The lowest BCUT2D eigenvalue weighted by Crippen LogP contribution is -2.43. The van der Waals surface area contributed by atoms with Crippen molar-refractivity contribution in [3.8, 4) is 0 Å². The van der Waals surface area contributed by atoms with E-state index in [2.05, 4.69) is 26.7 Å². The van der Waals surface area contributed by atoms with Crippen LogP contribution in [0.15, 0.2) is 46.9 Å². The van der Waals surface area contributed by atoms with Crippen molar-refractivity contribution in [2.45, 2.75) is 13.3 Å². The second-order valence-electron chi connectivity index (χ2n) is 7.00. The predicted octanol–water partition coefficient (Wildman–Crippen LogP) is 3.09. The molecule has 0 aromatic heterocycles. The van der Waals surface area contributed by atoms with Crippen molar-refractivity contribution >= 4 is 56.9 Å². The summed E-state index contributed by atoms with van der Waals surface area (Å²) >= 11 is 9.22. The molecular weight excluding hydrogens is 490 g/mol. The van der Waals surface area contributed by atoms with Crippen molar-refractivity contribution in [3.05, 3.63) is 63.1 Å². The van der Waals surface area contributed by atoms with E-state index < -0.39 is 36.2 Å². The molecule has 0 bridgehead atoms. The zero-order valence-corrected chi connectivity index (χ0v) is 18.8. The summed E-state index contributed by atoms with van der Waals surface area (Å²) in [7, 11) is 0. The lowest BCUT2D eigenvalue weighted by atomic mass is 10.1. The topological polar surface area (TPSA) is 105 Å². The van der Waals surface area contributed by atoms with Crippen LogP contribution in [0, 0.1) is 12.8 Å². The smallest absolute Gasteiger partial charge is 0.311 e. The van der Waals surface area contributed by atoms with Crippen LogP contribution in [-0.4, -0.2) is 41.9 Å². The van der Waals surface area contributed by atoms with Gasteiger partial charge in [0.25, 0.3) is 11.8 Å². The van der Waals surface area contributed by atoms with Gasteiger partial charge in [0.15, 0.2) is 6.61 Å². The molecule has 3 amide bonds. The number of carbonyl (C=O) groups excluding carboxylic acids is 4. The fourth-order valence-electron chi connectivity index (χ4n) is 2.97. The highest BCUT2D eigenvalue weighted by Crippen LogP contribution is 2.25. The molecule has 3 rings (SSSR count). The van der Waals surface area contributed by atoms with Crippen molar-refractivity contribution in [2.75, 3.05) is 18.5 Å². The van der Waals surface area contributed by atoms with Crippen LogP contribution in [0.25, 0.3) is 0 Å². The number of ether oxygens (including phenoxy) is 1. The van der Waals surface area contributed by atoms with Crippen LogP contribution >= 0.6 is 27.5 Å². The van der Waals surface area contributed by atoms with Crippen LogP contribution in [0.2, 0.25) is 5.02 Å². The van der Waals surface area contributed by atoms with Crippen molar-refractivity contribution < 1.29 is 23.9 Å². The maximum atomic E-state index is 12.3. The number of hydrogen-bond donors (Lipinski definition) is 2. The number of halogens is 2. The average Bonchev–Trinajstić information content (AvgIpc) is 3.09. The minimum atomic E-state index is -0.778. The van der Waals surface area contributed by atoms with Gasteiger partial charge in [-0.1, -0.05) is 29.3 Å². The molecule has 2 aromatic carbocycles. The Labute approximate surface area is 192 Å². The zero-order chi connectivity index (χ0) is 22.5. The molecule has 2 N–H and O–H groups in total. The number of aryl methyl sites for hydroxylation is 1. The molecule has 0 radical (unpaired) electrons. The monoisotopic (exact) mass is 507 g/mol. The van der Waals surface area contributed by atoms with Crippen LogP contribution in [-0.2, 0) is 19.1 Å². The Kier molecular flexibility index (Phi) is 7.29. The van der Waals surface area contributed by atoms with Crippen LogP contribution in [0.3, 0.4) is 0 Å². The third kappa shape index (κ3) is 6.05. The van der Waals surface area contributed by atoms with Crippen molar-refractivity contribution in [2.24, 2.45) is 5.92 Å². The number of carbonyl (C=O) groups is 4. The first-order valence-electron chi connectivity index (χ1n) is 9.32. The second kappa shape index (κ2) is 9.93. The normalized spacial score (nSPS) is 15.5. The Morgan fingerprint density at radius 2 is 2.00 bits per heavy atom. The molecule has 0 saturated carbocycles. The van der Waals surface area contributed by atoms with E-state index in [1.165, 1.54) is 0 Å². The van der Waals surface area contributed by atoms with Crippen LogP contribution in [0.4, 0.5) is 5.69 Å². The molecule has 0 spiro atoms. The largest absolute Gasteiger partial charge is 0.455 e. The lowest BCUT2D eigenvalue weighted by molar-refractivity contribution is -0.151. The molecule has 0 aliphatic carbocycles. The molecule has 1 fully saturated rings. The maximum absolute atomic E-state index is 12.3. The summed E-state index contributed by atoms with van der Waals surface area (Å²) in [5, 5.41) is 4.09. The van der Waals surface area contributed by atoms with Gasteiger partial charge in [0, 0.05) is 22.1 Å². The molecule has 1 aliphatic heterocycles. The van der Waals surface area contributed by atoms with E-state index in [9.17, 15) is 19.2 Å². The number of rotatable bonds is 6. The van der Waals surface area contributed by atoms with E-state index in [1.807, 2.05) is 13.0 Å². The van der Waals surface area contributed by atoms with E-state index in [0.717, 1.165) is 10.6 Å². The molecule has 1 atom stereocenters. The highest BCUT2D eigenvalue weighted by atomic mass is 79.9. The molecule has 8 nitrogen and oxygen atoms in total. The van der Waals surface area contributed by atoms with Crippen molar-refractivity contribution in [1.29, 1.82) is 0 Å². The van der Waals surface area contributed by atoms with E-state index in [0.29, 0.717) is 20.7 Å². The maximum Gasteiger partial charge on any atom is 0.311 e. The minimum absolute atomic E-state index is 0.0286. The SMILES string of the molecule is Cc1cccc(C(=O)NN2C[C@H](C(=O)OCC(=O)Nc3ccc(Br)c(Cl)c3)CC2=O)c1. The summed E-state index contributed by atoms with van der Waals surface area (Å²) in [5.74, 6) is -2.86. The third-order valence-electron chi connectivity index (χ3n) is 4.52. The number of benzene rings is 2. The summed E-state index contributed by atoms with van der Waals surface area (Å²) in [4.78, 5) is 48.8. The number of nitrogens with zero attached hydrogens (tertiary/aromatic N) is 1. The second-order valence-corrected chi connectivity index (χ2v) is 8.26. The fourth-order valence-corrected chi connectivity index (χ4v) is 3.40. The Bertz CT molecular complexity index is 1050. The van der Waals surface area contributed by atoms with Gasteiger partial charge in [0.2, 0.25) is 5.91 Å². The van der Waals surface area contributed by atoms with Crippen LogP contribution in [0.1, 0.15) is 22.3 Å². The van der Waals surface area contributed by atoms with Gasteiger partial charge in [-0.3, -0.25) is 29.6 Å². The Balaban J connectivity index is 1.48. The summed E-state index contributed by atoms with van der Waals surface area (Å²) in [6.07, 6.45) is -0.114. The molecule has 162 valence electrons. The van der Waals surface area contributed by atoms with Gasteiger partial charge >= 0.3 is 5.97 Å². The first-order valence-corrected chi connectivity index (χ1v) is 10.5. The lowest BCUT2D eigenvalue weighted by Gasteiger charge is -2.17. The standard InChI is InChI=1S/C21H19BrClN3O5/c1-12-3-2-4-13(7-12)20(29)25-26-10-14(8-19(26)28)21(30)31-11-18(27)24-15-5-6-16(22)17(23)9-15/h2-7,9,14H,8,10-11H2,1H3,(H,24,27)(H,25,29)/t14-/m1/s1. The highest BCUT2D eigenvalue weighted by molar-refractivity contribution is 9.10. The van der Waals surface area contributed by atoms with Crippen LogP contribution in [0.5, 0.6) is 0 Å². The predicted molar refractivity (Wildman–Crippen MR) is 117 cm³/mol. The van der Waals surface area contributed by atoms with Gasteiger partial charge in [-0.25, -0.2) is 0 Å². The minimum Gasteiger partial charge on any atom is -0.455 e. The molecule has 10 heteroatoms. The van der Waals surface area contributed by atoms with Crippen LogP contribution < -0.4 is 10.7 Å². The first kappa shape index (κ1) is 22.8. The van der Waals surface area contributed by atoms with E-state index in [-0.39, 0.29) is 13.0 Å². The molecule has 2 aromatic rings. The highest BCUT2D eigenvalue weighted by Gasteiger charge is 2.36. The van der Waals surface area contributed by atoms with E-state index in [4.69, 9.17) is 16.3 Å². The molecular formula is C21H19BrClN3O5. The van der Waals surface area contributed by atoms with Crippen molar-refractivity contribution in [1.82, 2.24) is 10.4 Å². The zero-order valence-electron chi connectivity index (χ0n) is 16.5. The van der Waals surface area contributed by atoms with Gasteiger partial charge in [-0.05, 0) is 53.2 Å². The van der Waals surface area contributed by atoms with Gasteiger partial charge < -0.3 is 10.1 Å². The number of hydrogen-bond acceptors (Lipinski definition) is 5. The number of esters is 1. The number of nitrogens with one attached hydrogen (secondary N) is 2. The van der Waals surface area contributed by atoms with Gasteiger partial charge in [-0.2, -0.15) is 0 Å². The molecule has 1 saturated heterocycles. The van der Waals surface area contributed by atoms with Gasteiger partial charge in [0.05, 0.1) is 17.5 Å². The molecule has 1 heterocycles. The Morgan fingerprint density at radius 1 is 1.23 bits per heavy atom. The first-order chi connectivity index (χ1) is 14.7. The van der Waals surface area contributed by atoms with Gasteiger partial charge in [-0.15, -0.1) is 0 Å². The molecule has 1 aliphatic rings. The summed E-state index contributed by atoms with van der Waals surface area (Å²) in [6, 6.07) is 11.8. The summed E-state index contributed by atoms with van der Waals surface area (Å²) in [5.41, 5.74) is 4.27. The molecule has 31 heavy (non-hydrogen) atoms. The van der Waals surface area contributed by atoms with E-state index >= 15 is 0 Å². The number of amides is 3. The fraction of sp³-hybridized carbons (Fsp3) is 0.238. The van der Waals surface area contributed by atoms with Crippen molar-refractivity contribution in [3.63, 3.8) is 0 Å². The number of hydrazine groups is 1. The van der Waals surface area contributed by atoms with Gasteiger partial charge in [0.1, 0.15) is 0 Å². The summed E-state index contributed by atoms with van der Waals surface area (Å²) < 4.78 is 5.71. The number of anilines is 1. The Morgan fingerprint density at radius 3 is 2.71 bits per heavy atom. The molecule has 0 unspecified atom stereocenters. The van der Waals surface area contributed by atoms with E-state index in [1.54, 1.807) is 36.4 Å². The Hall–Kier alpha value is -2.91.